The van der Waals surface area contributed by atoms with Crippen LogP contribution in [0, 0.1) is 25.7 Å². The first-order chi connectivity index (χ1) is 5.74. The van der Waals surface area contributed by atoms with Crippen LogP contribution in [0.25, 0.3) is 0 Å². The lowest BCUT2D eigenvalue weighted by atomic mass is 10.1. The van der Waals surface area contributed by atoms with Crippen molar-refractivity contribution in [1.29, 1.82) is 0 Å². The van der Waals surface area contributed by atoms with Crippen molar-refractivity contribution in [3.05, 3.63) is 34.9 Å². The summed E-state index contributed by atoms with van der Waals surface area (Å²) in [4.78, 5) is 10.0. The lowest BCUT2D eigenvalue weighted by Gasteiger charge is -1.98. The van der Waals surface area contributed by atoms with Crippen molar-refractivity contribution in [2.24, 2.45) is 0 Å². The molecule has 0 aliphatic rings. The Morgan fingerprint density at radius 1 is 1.33 bits per heavy atom. The molecule has 0 atom stereocenters. The van der Waals surface area contributed by atoms with Crippen LogP contribution in [0.2, 0.25) is 0 Å². The van der Waals surface area contributed by atoms with Crippen molar-refractivity contribution in [3.63, 3.8) is 0 Å². The monoisotopic (exact) mass is 158 g/mol. The van der Waals surface area contributed by atoms with Crippen LogP contribution < -0.4 is 0 Å². The highest BCUT2D eigenvalue weighted by Crippen LogP contribution is 2.08. The molecule has 0 aromatic heterocycles. The van der Waals surface area contributed by atoms with Crippen LogP contribution in [-0.4, -0.2) is 6.29 Å². The summed E-state index contributed by atoms with van der Waals surface area (Å²) in [5.41, 5.74) is 3.20. The highest BCUT2D eigenvalue weighted by atomic mass is 16.1. The quantitative estimate of drug-likeness (QED) is 0.416. The third kappa shape index (κ3) is 1.96. The van der Waals surface area contributed by atoms with E-state index in [-0.39, 0.29) is 0 Å². The van der Waals surface area contributed by atoms with Crippen LogP contribution in [0.1, 0.15) is 16.7 Å². The van der Waals surface area contributed by atoms with Crippen LogP contribution >= 0.6 is 0 Å². The summed E-state index contributed by atoms with van der Waals surface area (Å²) in [5.74, 6) is 5.19. The van der Waals surface area contributed by atoms with E-state index in [1.54, 1.807) is 0 Å². The number of hydrogen-bond acceptors (Lipinski definition) is 1. The van der Waals surface area contributed by atoms with E-state index in [0.29, 0.717) is 6.29 Å². The number of carbonyl (C=O) groups is 1. The zero-order valence-corrected chi connectivity index (χ0v) is 7.22. The summed E-state index contributed by atoms with van der Waals surface area (Å²) >= 11 is 0. The molecule has 1 aromatic carbocycles. The SMILES string of the molecule is Cc1ccc(C)c(C#CC=O)c1. The van der Waals surface area contributed by atoms with Crippen molar-refractivity contribution in [3.8, 4) is 11.8 Å². The molecule has 0 saturated carbocycles. The van der Waals surface area contributed by atoms with Gasteiger partial charge in [0.25, 0.3) is 0 Å². The van der Waals surface area contributed by atoms with Gasteiger partial charge >= 0.3 is 0 Å². The van der Waals surface area contributed by atoms with Gasteiger partial charge < -0.3 is 0 Å². The summed E-state index contributed by atoms with van der Waals surface area (Å²) in [5, 5.41) is 0. The van der Waals surface area contributed by atoms with Crippen LogP contribution in [0.5, 0.6) is 0 Å². The van der Waals surface area contributed by atoms with E-state index >= 15 is 0 Å². The molecule has 12 heavy (non-hydrogen) atoms. The molecular formula is C11H10O. The van der Waals surface area contributed by atoms with Crippen LogP contribution in [0.4, 0.5) is 0 Å². The topological polar surface area (TPSA) is 17.1 Å². The van der Waals surface area contributed by atoms with Crippen molar-refractivity contribution in [2.75, 3.05) is 0 Å². The van der Waals surface area contributed by atoms with Gasteiger partial charge in [0, 0.05) is 5.56 Å². The smallest absolute Gasteiger partial charge is 0.193 e. The number of aryl methyl sites for hydroxylation is 2. The van der Waals surface area contributed by atoms with E-state index < -0.39 is 0 Å². The maximum absolute atomic E-state index is 10.0. The van der Waals surface area contributed by atoms with Gasteiger partial charge in [0.2, 0.25) is 0 Å². The lowest BCUT2D eigenvalue weighted by molar-refractivity contribution is -0.103. The first-order valence-electron chi connectivity index (χ1n) is 3.76. The minimum absolute atomic E-state index is 0.613. The molecule has 0 saturated heterocycles. The Balaban J connectivity index is 3.13. The molecular weight excluding hydrogens is 148 g/mol. The Morgan fingerprint density at radius 2 is 2.08 bits per heavy atom. The summed E-state index contributed by atoms with van der Waals surface area (Å²) in [6.45, 7) is 3.99. The fourth-order valence-electron chi connectivity index (χ4n) is 0.978. The van der Waals surface area contributed by atoms with Gasteiger partial charge in [0.15, 0.2) is 6.29 Å². The maximum Gasteiger partial charge on any atom is 0.193 e. The summed E-state index contributed by atoms with van der Waals surface area (Å²) < 4.78 is 0. The second-order valence-corrected chi connectivity index (χ2v) is 2.71. The van der Waals surface area contributed by atoms with E-state index in [0.717, 1.165) is 16.7 Å². The maximum atomic E-state index is 10.0. The Bertz CT molecular complexity index is 353. The predicted molar refractivity (Wildman–Crippen MR) is 48.9 cm³/mol. The molecule has 1 aromatic rings. The molecule has 0 fully saturated rings. The van der Waals surface area contributed by atoms with Crippen molar-refractivity contribution >= 4 is 6.29 Å². The summed E-state index contributed by atoms with van der Waals surface area (Å²) in [6, 6.07) is 6.01. The predicted octanol–water partition coefficient (Wildman–Crippen LogP) is 1.85. The van der Waals surface area contributed by atoms with Crippen molar-refractivity contribution in [1.82, 2.24) is 0 Å². The summed E-state index contributed by atoms with van der Waals surface area (Å²) in [6.07, 6.45) is 0.613. The highest BCUT2D eigenvalue weighted by Gasteiger charge is 1.93. The van der Waals surface area contributed by atoms with Gasteiger partial charge in [0.05, 0.1) is 0 Å². The van der Waals surface area contributed by atoms with E-state index in [1.807, 2.05) is 32.0 Å². The van der Waals surface area contributed by atoms with E-state index in [2.05, 4.69) is 11.8 Å². The van der Waals surface area contributed by atoms with Crippen molar-refractivity contribution in [2.45, 2.75) is 13.8 Å². The lowest BCUT2D eigenvalue weighted by Crippen LogP contribution is -1.83. The van der Waals surface area contributed by atoms with Crippen LogP contribution in [-0.2, 0) is 4.79 Å². The van der Waals surface area contributed by atoms with Gasteiger partial charge in [-0.25, -0.2) is 0 Å². The molecule has 1 heteroatoms. The molecule has 60 valence electrons. The number of aldehydes is 1. The number of carbonyl (C=O) groups excluding carboxylic acids is 1. The normalized spacial score (nSPS) is 8.50. The van der Waals surface area contributed by atoms with Gasteiger partial charge in [-0.1, -0.05) is 18.1 Å². The van der Waals surface area contributed by atoms with E-state index in [9.17, 15) is 4.79 Å². The highest BCUT2D eigenvalue weighted by molar-refractivity contribution is 5.74. The number of hydrogen-bond donors (Lipinski definition) is 0. The molecule has 0 aliphatic heterocycles. The largest absolute Gasteiger partial charge is 0.289 e. The molecule has 0 unspecified atom stereocenters. The van der Waals surface area contributed by atoms with Gasteiger partial charge in [-0.2, -0.15) is 0 Å². The molecule has 0 amide bonds. The van der Waals surface area contributed by atoms with Crippen LogP contribution in [0.15, 0.2) is 18.2 Å². The number of rotatable bonds is 0. The zero-order chi connectivity index (χ0) is 8.97. The second kappa shape index (κ2) is 3.73. The minimum atomic E-state index is 0.613. The van der Waals surface area contributed by atoms with Gasteiger partial charge in [0.1, 0.15) is 0 Å². The zero-order valence-electron chi connectivity index (χ0n) is 7.22. The molecule has 0 radical (unpaired) electrons. The molecule has 0 spiro atoms. The Labute approximate surface area is 72.4 Å². The van der Waals surface area contributed by atoms with Crippen LogP contribution in [0.3, 0.4) is 0 Å². The third-order valence-electron chi connectivity index (χ3n) is 1.66. The fourth-order valence-corrected chi connectivity index (χ4v) is 0.978. The Morgan fingerprint density at radius 3 is 2.75 bits per heavy atom. The third-order valence-corrected chi connectivity index (χ3v) is 1.66. The number of benzene rings is 1. The average molecular weight is 158 g/mol. The Kier molecular flexibility index (Phi) is 2.66. The molecule has 0 heterocycles. The molecule has 1 rings (SSSR count). The van der Waals surface area contributed by atoms with Gasteiger partial charge in [-0.05, 0) is 37.0 Å². The van der Waals surface area contributed by atoms with E-state index in [4.69, 9.17) is 0 Å². The first kappa shape index (κ1) is 8.55. The molecule has 0 aliphatic carbocycles. The minimum Gasteiger partial charge on any atom is -0.289 e. The fraction of sp³-hybridized carbons (Fsp3) is 0.182. The second-order valence-electron chi connectivity index (χ2n) is 2.71. The standard InChI is InChI=1S/C11H10O/c1-9-5-6-10(2)11(8-9)4-3-7-12/h5-8H,1-2H3. The molecule has 0 N–H and O–H groups in total. The van der Waals surface area contributed by atoms with Gasteiger partial charge in [-0.15, -0.1) is 0 Å². The van der Waals surface area contributed by atoms with E-state index in [1.165, 1.54) is 0 Å². The average Bonchev–Trinajstić information content (AvgIpc) is 2.07. The van der Waals surface area contributed by atoms with Gasteiger partial charge in [-0.3, -0.25) is 4.79 Å². The molecule has 1 nitrogen and oxygen atoms in total. The summed E-state index contributed by atoms with van der Waals surface area (Å²) in [7, 11) is 0. The Hall–Kier alpha value is -1.55. The first-order valence-corrected chi connectivity index (χ1v) is 3.76. The molecule has 0 bridgehead atoms. The van der Waals surface area contributed by atoms with Crippen molar-refractivity contribution < 1.29 is 4.79 Å².